The third-order valence-corrected chi connectivity index (χ3v) is 4.52. The van der Waals surface area contributed by atoms with Gasteiger partial charge in [-0.2, -0.15) is 5.26 Å². The summed E-state index contributed by atoms with van der Waals surface area (Å²) >= 11 is 6.21. The monoisotopic (exact) mass is 384 g/mol. The topological polar surface area (TPSA) is 59.4 Å². The summed E-state index contributed by atoms with van der Waals surface area (Å²) in [7, 11) is 4.01. The van der Waals surface area contributed by atoms with E-state index in [1.54, 1.807) is 18.2 Å². The lowest BCUT2D eigenvalue weighted by molar-refractivity contribution is -0.117. The Bertz CT molecular complexity index is 792. The molecule has 6 heteroatoms. The fourth-order valence-electron chi connectivity index (χ4n) is 2.67. The Morgan fingerprint density at radius 2 is 1.85 bits per heavy atom. The quantitative estimate of drug-likeness (QED) is 0.756. The molecule has 5 nitrogen and oxygen atoms in total. The highest BCUT2D eigenvalue weighted by Gasteiger charge is 2.14. The van der Waals surface area contributed by atoms with Crippen LogP contribution in [0.4, 0.5) is 5.69 Å². The molecule has 1 amide bonds. The molecule has 0 spiro atoms. The molecule has 0 heterocycles. The van der Waals surface area contributed by atoms with Gasteiger partial charge in [0.05, 0.1) is 28.9 Å². The van der Waals surface area contributed by atoms with Crippen LogP contribution in [0.15, 0.2) is 42.5 Å². The van der Waals surface area contributed by atoms with E-state index < -0.39 is 0 Å². The van der Waals surface area contributed by atoms with Gasteiger partial charge < -0.3 is 10.2 Å². The van der Waals surface area contributed by atoms with Gasteiger partial charge in [0.25, 0.3) is 0 Å². The van der Waals surface area contributed by atoms with Gasteiger partial charge in [-0.25, -0.2) is 0 Å². The normalized spacial score (nSPS) is 10.9. The maximum absolute atomic E-state index is 12.6. The van der Waals surface area contributed by atoms with Crippen molar-refractivity contribution >= 4 is 23.2 Å². The van der Waals surface area contributed by atoms with E-state index in [1.807, 2.05) is 45.3 Å². The Morgan fingerprint density at radius 3 is 2.44 bits per heavy atom. The van der Waals surface area contributed by atoms with Gasteiger partial charge in [-0.15, -0.1) is 0 Å². The number of aryl methyl sites for hydroxylation is 1. The molecule has 1 N–H and O–H groups in total. The molecule has 0 bridgehead atoms. The zero-order valence-corrected chi connectivity index (χ0v) is 16.8. The number of halogens is 1. The van der Waals surface area contributed by atoms with Crippen LogP contribution in [-0.2, 0) is 11.3 Å². The molecule has 0 atom stereocenters. The first-order valence-electron chi connectivity index (χ1n) is 8.80. The number of carbonyl (C=O) groups excluding carboxylic acids is 1. The molecular formula is C21H25ClN4O. The van der Waals surface area contributed by atoms with Crippen LogP contribution >= 0.6 is 11.6 Å². The second-order valence-electron chi connectivity index (χ2n) is 6.80. The lowest BCUT2D eigenvalue weighted by Crippen LogP contribution is -2.37. The Kier molecular flexibility index (Phi) is 7.81. The summed E-state index contributed by atoms with van der Waals surface area (Å²) in [5, 5.41) is 12.4. The van der Waals surface area contributed by atoms with Crippen LogP contribution < -0.4 is 5.32 Å². The molecule has 0 radical (unpaired) electrons. The molecule has 0 fully saturated rings. The highest BCUT2D eigenvalue weighted by molar-refractivity contribution is 6.33. The first-order valence-corrected chi connectivity index (χ1v) is 9.18. The zero-order chi connectivity index (χ0) is 19.8. The van der Waals surface area contributed by atoms with Crippen LogP contribution in [0.2, 0.25) is 5.02 Å². The van der Waals surface area contributed by atoms with Crippen LogP contribution in [0.25, 0.3) is 0 Å². The van der Waals surface area contributed by atoms with Gasteiger partial charge in [-0.05, 0) is 50.3 Å². The molecule has 2 aromatic rings. The number of likely N-dealkylation sites (N-methyl/N-ethyl adjacent to an activating group) is 1. The number of carbonyl (C=O) groups is 1. The van der Waals surface area contributed by atoms with Gasteiger partial charge in [0.15, 0.2) is 0 Å². The fraction of sp³-hybridized carbons (Fsp3) is 0.333. The average molecular weight is 385 g/mol. The van der Waals surface area contributed by atoms with E-state index in [-0.39, 0.29) is 12.5 Å². The van der Waals surface area contributed by atoms with E-state index in [4.69, 9.17) is 16.9 Å². The summed E-state index contributed by atoms with van der Waals surface area (Å²) in [5.41, 5.74) is 3.29. The molecule has 0 aliphatic heterocycles. The molecule has 2 rings (SSSR count). The average Bonchev–Trinajstić information content (AvgIpc) is 2.63. The number of rotatable bonds is 8. The molecule has 0 saturated heterocycles. The van der Waals surface area contributed by atoms with Crippen molar-refractivity contribution in [1.29, 1.82) is 5.26 Å². The Labute approximate surface area is 166 Å². The predicted molar refractivity (Wildman–Crippen MR) is 110 cm³/mol. The van der Waals surface area contributed by atoms with Gasteiger partial charge in [0, 0.05) is 19.6 Å². The molecule has 142 valence electrons. The second kappa shape index (κ2) is 10.1. The number of nitrogens with one attached hydrogen (secondary N) is 1. The Morgan fingerprint density at radius 1 is 1.15 bits per heavy atom. The molecule has 0 unspecified atom stereocenters. The third kappa shape index (κ3) is 6.69. The van der Waals surface area contributed by atoms with Crippen molar-refractivity contribution in [2.45, 2.75) is 13.5 Å². The van der Waals surface area contributed by atoms with Crippen molar-refractivity contribution < 1.29 is 4.79 Å². The van der Waals surface area contributed by atoms with Crippen molar-refractivity contribution in [3.8, 4) is 6.07 Å². The number of nitriles is 1. The molecule has 2 aromatic carbocycles. The maximum Gasteiger partial charge on any atom is 0.238 e. The van der Waals surface area contributed by atoms with Gasteiger partial charge in [-0.1, -0.05) is 35.9 Å². The minimum Gasteiger partial charge on any atom is -0.323 e. The van der Waals surface area contributed by atoms with Gasteiger partial charge in [0.2, 0.25) is 5.91 Å². The van der Waals surface area contributed by atoms with Crippen molar-refractivity contribution in [3.05, 3.63) is 64.2 Å². The molecule has 0 saturated carbocycles. The summed E-state index contributed by atoms with van der Waals surface area (Å²) in [6, 6.07) is 15.1. The van der Waals surface area contributed by atoms with Crippen LogP contribution in [0, 0.1) is 18.3 Å². The molecule has 0 aromatic heterocycles. The minimum absolute atomic E-state index is 0.0985. The fourth-order valence-corrected chi connectivity index (χ4v) is 2.94. The van der Waals surface area contributed by atoms with E-state index >= 15 is 0 Å². The van der Waals surface area contributed by atoms with E-state index in [2.05, 4.69) is 21.2 Å². The lowest BCUT2D eigenvalue weighted by Gasteiger charge is -2.24. The summed E-state index contributed by atoms with van der Waals surface area (Å²) < 4.78 is 0. The summed E-state index contributed by atoms with van der Waals surface area (Å²) in [4.78, 5) is 16.8. The van der Waals surface area contributed by atoms with Crippen molar-refractivity contribution in [1.82, 2.24) is 9.80 Å². The van der Waals surface area contributed by atoms with Crippen molar-refractivity contribution in [2.75, 3.05) is 39.0 Å². The lowest BCUT2D eigenvalue weighted by atomic mass is 10.1. The first kappa shape index (κ1) is 20.9. The number of amides is 1. The van der Waals surface area contributed by atoms with Gasteiger partial charge >= 0.3 is 0 Å². The van der Waals surface area contributed by atoms with E-state index in [1.165, 1.54) is 0 Å². The molecular weight excluding hydrogens is 360 g/mol. The Balaban J connectivity index is 2.06. The first-order chi connectivity index (χ1) is 12.9. The number of nitrogens with zero attached hydrogens (tertiary/aromatic N) is 3. The van der Waals surface area contributed by atoms with Crippen LogP contribution in [0.5, 0.6) is 0 Å². The second-order valence-corrected chi connectivity index (χ2v) is 7.21. The number of hydrogen-bond donors (Lipinski definition) is 1. The Hall–Kier alpha value is -2.39. The SMILES string of the molecule is Cc1cccc(Cl)c1NC(=O)CN(CCN(C)C)Cc1ccc(C#N)cc1. The standard InChI is InChI=1S/C21H25ClN4O/c1-16-5-4-6-19(22)21(16)24-20(27)15-26(12-11-25(2)3)14-18-9-7-17(13-23)8-10-18/h4-10H,11-12,14-15H2,1-3H3,(H,24,27). The van der Waals surface area contributed by atoms with Gasteiger partial charge in [0.1, 0.15) is 0 Å². The van der Waals surface area contributed by atoms with Crippen LogP contribution in [-0.4, -0.2) is 49.4 Å². The summed E-state index contributed by atoms with van der Waals surface area (Å²) in [6.07, 6.45) is 0. The van der Waals surface area contributed by atoms with Crippen molar-refractivity contribution in [3.63, 3.8) is 0 Å². The largest absolute Gasteiger partial charge is 0.323 e. The smallest absolute Gasteiger partial charge is 0.238 e. The van der Waals surface area contributed by atoms with Crippen molar-refractivity contribution in [2.24, 2.45) is 0 Å². The maximum atomic E-state index is 12.6. The molecule has 0 aliphatic carbocycles. The summed E-state index contributed by atoms with van der Waals surface area (Å²) in [6.45, 7) is 4.41. The highest BCUT2D eigenvalue weighted by Crippen LogP contribution is 2.25. The minimum atomic E-state index is -0.0985. The van der Waals surface area contributed by atoms with E-state index in [0.717, 1.165) is 24.2 Å². The number of benzene rings is 2. The molecule has 0 aliphatic rings. The number of para-hydroxylation sites is 1. The predicted octanol–water partition coefficient (Wildman–Crippen LogP) is 3.52. The van der Waals surface area contributed by atoms with Gasteiger partial charge in [-0.3, -0.25) is 9.69 Å². The van der Waals surface area contributed by atoms with E-state index in [9.17, 15) is 4.79 Å². The third-order valence-electron chi connectivity index (χ3n) is 4.21. The van der Waals surface area contributed by atoms with E-state index in [0.29, 0.717) is 22.8 Å². The van der Waals surface area contributed by atoms with Crippen LogP contribution in [0.1, 0.15) is 16.7 Å². The highest BCUT2D eigenvalue weighted by atomic mass is 35.5. The number of hydrogen-bond acceptors (Lipinski definition) is 4. The summed E-state index contributed by atoms with van der Waals surface area (Å²) in [5.74, 6) is -0.0985. The van der Waals surface area contributed by atoms with Crippen LogP contribution in [0.3, 0.4) is 0 Å². The number of anilines is 1. The molecule has 27 heavy (non-hydrogen) atoms. The zero-order valence-electron chi connectivity index (χ0n) is 16.0.